The Morgan fingerprint density at radius 1 is 1.32 bits per heavy atom. The molecule has 1 aliphatic heterocycles. The zero-order valence-electron chi connectivity index (χ0n) is 15.2. The van der Waals surface area contributed by atoms with Crippen molar-refractivity contribution in [1.29, 1.82) is 0 Å². The molecule has 2 aromatic heterocycles. The van der Waals surface area contributed by atoms with Gasteiger partial charge >= 0.3 is 0 Å². The quantitative estimate of drug-likeness (QED) is 0.914. The van der Waals surface area contributed by atoms with E-state index in [-0.39, 0.29) is 24.0 Å². The summed E-state index contributed by atoms with van der Waals surface area (Å²) in [4.78, 5) is 20.4. The number of nitrogens with one attached hydrogen (secondary N) is 1. The van der Waals surface area contributed by atoms with E-state index in [0.29, 0.717) is 6.42 Å². The Labute approximate surface area is 152 Å². The minimum absolute atomic E-state index is 0.0326. The molecule has 2 aliphatic rings. The molecule has 3 atom stereocenters. The maximum Gasteiger partial charge on any atom is 0.224 e. The first-order chi connectivity index (χ1) is 12.0. The summed E-state index contributed by atoms with van der Waals surface area (Å²) >= 11 is 1.75. The third-order valence-electron chi connectivity index (χ3n) is 5.76. The summed E-state index contributed by atoms with van der Waals surface area (Å²) in [7, 11) is 3.88. The second-order valence-corrected chi connectivity index (χ2v) is 8.18. The number of carbonyl (C=O) groups is 1. The van der Waals surface area contributed by atoms with Gasteiger partial charge in [-0.1, -0.05) is 0 Å². The van der Waals surface area contributed by atoms with Gasteiger partial charge in [0.15, 0.2) is 0 Å². The first-order valence-corrected chi connectivity index (χ1v) is 9.79. The highest BCUT2D eigenvalue weighted by molar-refractivity contribution is 7.09. The molecule has 1 N–H and O–H groups in total. The number of likely N-dealkylation sites (N-methyl/N-ethyl adjacent to an activating group) is 1. The number of carbonyl (C=O) groups excluding carboxylic acids is 1. The summed E-state index contributed by atoms with van der Waals surface area (Å²) in [6.45, 7) is 4.12. The largest absolute Gasteiger partial charge is 0.337 e. The van der Waals surface area contributed by atoms with Crippen molar-refractivity contribution >= 4 is 17.2 Å². The second-order valence-electron chi connectivity index (χ2n) is 7.24. The summed E-state index contributed by atoms with van der Waals surface area (Å²) < 4.78 is 1.91. The van der Waals surface area contributed by atoms with Crippen molar-refractivity contribution < 1.29 is 4.79 Å². The number of nitrogens with zero attached hydrogens (tertiary/aromatic N) is 4. The van der Waals surface area contributed by atoms with Crippen molar-refractivity contribution in [2.24, 2.45) is 7.05 Å². The molecule has 25 heavy (non-hydrogen) atoms. The zero-order valence-corrected chi connectivity index (χ0v) is 16.1. The van der Waals surface area contributed by atoms with Crippen LogP contribution in [0.5, 0.6) is 0 Å². The fraction of sp³-hybridized carbons (Fsp3) is 0.611. The number of rotatable bonds is 3. The van der Waals surface area contributed by atoms with Crippen LogP contribution >= 0.6 is 11.3 Å². The lowest BCUT2D eigenvalue weighted by Crippen LogP contribution is -2.39. The van der Waals surface area contributed by atoms with Crippen molar-refractivity contribution in [3.63, 3.8) is 0 Å². The standard InChI is InChI=1S/C18H25N5OS/c1-10-16(11(2)23(4)21-10)18-13(8-15(24)22(18)3)20-12-6-5-7-14-17(12)19-9-25-14/h9,12-13,18,20H,5-8H2,1-4H3/t12?,13-,18-/m1/s1. The monoisotopic (exact) mass is 359 g/mol. The zero-order chi connectivity index (χ0) is 17.7. The minimum Gasteiger partial charge on any atom is -0.337 e. The van der Waals surface area contributed by atoms with Gasteiger partial charge in [0.1, 0.15) is 0 Å². The van der Waals surface area contributed by atoms with Crippen LogP contribution in [0.3, 0.4) is 0 Å². The number of aryl methyl sites for hydroxylation is 3. The van der Waals surface area contributed by atoms with Gasteiger partial charge in [0.05, 0.1) is 29.0 Å². The number of likely N-dealkylation sites (tertiary alicyclic amines) is 1. The Bertz CT molecular complexity index is 810. The van der Waals surface area contributed by atoms with Gasteiger partial charge in [0.2, 0.25) is 5.91 Å². The van der Waals surface area contributed by atoms with Gasteiger partial charge in [-0.05, 0) is 33.1 Å². The smallest absolute Gasteiger partial charge is 0.224 e. The highest BCUT2D eigenvalue weighted by Gasteiger charge is 2.42. The van der Waals surface area contributed by atoms with Gasteiger partial charge in [-0.2, -0.15) is 5.10 Å². The van der Waals surface area contributed by atoms with Crippen molar-refractivity contribution in [2.75, 3.05) is 7.05 Å². The van der Waals surface area contributed by atoms with E-state index in [1.54, 1.807) is 11.3 Å². The Balaban J connectivity index is 1.66. The van der Waals surface area contributed by atoms with Crippen molar-refractivity contribution in [3.8, 4) is 0 Å². The van der Waals surface area contributed by atoms with Gasteiger partial charge in [-0.15, -0.1) is 11.3 Å². The molecule has 134 valence electrons. The molecule has 1 saturated heterocycles. The molecule has 0 bridgehead atoms. The summed E-state index contributed by atoms with van der Waals surface area (Å²) in [5.41, 5.74) is 6.47. The van der Waals surface area contributed by atoms with E-state index in [1.165, 1.54) is 22.6 Å². The second kappa shape index (κ2) is 6.21. The van der Waals surface area contributed by atoms with Crippen LogP contribution in [0, 0.1) is 13.8 Å². The Hall–Kier alpha value is -1.73. The minimum atomic E-state index is 0.0326. The number of amides is 1. The lowest BCUT2D eigenvalue weighted by Gasteiger charge is -2.31. The third-order valence-corrected chi connectivity index (χ3v) is 6.67. The highest BCUT2D eigenvalue weighted by atomic mass is 32.1. The molecule has 4 rings (SSSR count). The average molecular weight is 359 g/mol. The lowest BCUT2D eigenvalue weighted by atomic mass is 9.93. The van der Waals surface area contributed by atoms with E-state index >= 15 is 0 Å². The summed E-state index contributed by atoms with van der Waals surface area (Å²) in [5, 5.41) is 8.34. The molecule has 3 heterocycles. The molecular weight excluding hydrogens is 334 g/mol. The molecule has 1 aliphatic carbocycles. The van der Waals surface area contributed by atoms with Gasteiger partial charge in [-0.3, -0.25) is 9.48 Å². The van der Waals surface area contributed by atoms with Crippen LogP contribution in [-0.4, -0.2) is 38.7 Å². The third kappa shape index (κ3) is 2.69. The normalized spacial score (nSPS) is 26.3. The van der Waals surface area contributed by atoms with Crippen molar-refractivity contribution in [1.82, 2.24) is 25.0 Å². The Kier molecular flexibility index (Phi) is 4.16. The summed E-state index contributed by atoms with van der Waals surface area (Å²) in [5.74, 6) is 0.194. The van der Waals surface area contributed by atoms with Crippen molar-refractivity contribution in [2.45, 2.75) is 57.7 Å². The van der Waals surface area contributed by atoms with Gasteiger partial charge < -0.3 is 10.2 Å². The number of hydrogen-bond acceptors (Lipinski definition) is 5. The van der Waals surface area contributed by atoms with E-state index in [0.717, 1.165) is 24.2 Å². The lowest BCUT2D eigenvalue weighted by molar-refractivity contribution is -0.127. The molecule has 2 aromatic rings. The van der Waals surface area contributed by atoms with Crippen LogP contribution in [0.25, 0.3) is 0 Å². The first kappa shape index (κ1) is 16.7. The van der Waals surface area contributed by atoms with Gasteiger partial charge in [-0.25, -0.2) is 4.98 Å². The van der Waals surface area contributed by atoms with Crippen molar-refractivity contribution in [3.05, 3.63) is 33.0 Å². The Morgan fingerprint density at radius 3 is 2.84 bits per heavy atom. The molecule has 1 unspecified atom stereocenters. The van der Waals surface area contributed by atoms with Crippen LogP contribution in [0.1, 0.15) is 58.9 Å². The molecule has 7 heteroatoms. The van der Waals surface area contributed by atoms with Gasteiger partial charge in [0.25, 0.3) is 0 Å². The molecule has 0 spiro atoms. The number of thiazole rings is 1. The molecular formula is C18H25N5OS. The van der Waals surface area contributed by atoms with E-state index in [1.807, 2.05) is 36.1 Å². The topological polar surface area (TPSA) is 63.1 Å². The van der Waals surface area contributed by atoms with Gasteiger partial charge in [0, 0.05) is 42.7 Å². The SMILES string of the molecule is Cc1nn(C)c(C)c1[C@H]1[C@H](NC2CCCc3scnc32)CC(=O)N1C. The first-order valence-electron chi connectivity index (χ1n) is 8.91. The molecule has 6 nitrogen and oxygen atoms in total. The predicted molar refractivity (Wildman–Crippen MR) is 97.5 cm³/mol. The molecule has 1 amide bonds. The maximum absolute atomic E-state index is 12.5. The van der Waals surface area contributed by atoms with E-state index < -0.39 is 0 Å². The van der Waals surface area contributed by atoms with Crippen LogP contribution in [0.15, 0.2) is 5.51 Å². The van der Waals surface area contributed by atoms with Crippen LogP contribution in [0.2, 0.25) is 0 Å². The predicted octanol–water partition coefficient (Wildman–Crippen LogP) is 2.43. The number of hydrogen-bond donors (Lipinski definition) is 1. The molecule has 1 fully saturated rings. The summed E-state index contributed by atoms with van der Waals surface area (Å²) in [6, 6.07) is 0.376. The highest BCUT2D eigenvalue weighted by Crippen LogP contribution is 2.38. The fourth-order valence-corrected chi connectivity index (χ4v) is 5.28. The fourth-order valence-electron chi connectivity index (χ4n) is 4.41. The van der Waals surface area contributed by atoms with E-state index in [9.17, 15) is 4.79 Å². The molecule has 0 radical (unpaired) electrons. The van der Waals surface area contributed by atoms with E-state index in [4.69, 9.17) is 0 Å². The maximum atomic E-state index is 12.5. The van der Waals surface area contributed by atoms with Crippen LogP contribution in [0.4, 0.5) is 0 Å². The van der Waals surface area contributed by atoms with E-state index in [2.05, 4.69) is 22.3 Å². The van der Waals surface area contributed by atoms with Crippen LogP contribution in [-0.2, 0) is 18.3 Å². The average Bonchev–Trinajstić information content (AvgIpc) is 3.22. The van der Waals surface area contributed by atoms with Crippen LogP contribution < -0.4 is 5.32 Å². The molecule has 0 aromatic carbocycles. The molecule has 0 saturated carbocycles. The number of fused-ring (bicyclic) bond motifs is 1. The number of aromatic nitrogens is 3. The Morgan fingerprint density at radius 2 is 2.12 bits per heavy atom. The summed E-state index contributed by atoms with van der Waals surface area (Å²) in [6.07, 6.45) is 3.93.